The quantitative estimate of drug-likeness (QED) is 0.762. The first-order valence-corrected chi connectivity index (χ1v) is 4.95. The first kappa shape index (κ1) is 12.5. The molecule has 0 atom stereocenters. The third-order valence-corrected chi connectivity index (χ3v) is 2.58. The molecule has 1 aromatic carbocycles. The Morgan fingerprint density at radius 1 is 1.44 bits per heavy atom. The normalized spacial score (nSPS) is 11.2. The molecule has 4 heteroatoms. The summed E-state index contributed by atoms with van der Waals surface area (Å²) in [5.41, 5.74) is 0.422. The number of phenols is 1. The summed E-state index contributed by atoms with van der Waals surface area (Å²) in [6.07, 6.45) is 0. The van der Waals surface area contributed by atoms with Crippen molar-refractivity contribution in [3.05, 3.63) is 29.3 Å². The molecule has 0 aromatic heterocycles. The highest BCUT2D eigenvalue weighted by molar-refractivity contribution is 5.92. The number of carbonyl (C=O) groups is 1. The summed E-state index contributed by atoms with van der Waals surface area (Å²) in [6, 6.07) is 4.65. The van der Waals surface area contributed by atoms with E-state index in [0.29, 0.717) is 0 Å². The maximum absolute atomic E-state index is 11.4. The van der Waals surface area contributed by atoms with Crippen molar-refractivity contribution in [1.82, 2.24) is 0 Å². The Bertz CT molecular complexity index is 396. The molecule has 88 valence electrons. The molecule has 0 fully saturated rings. The minimum atomic E-state index is -0.590. The van der Waals surface area contributed by atoms with E-state index in [1.807, 2.05) is 13.8 Å². The molecule has 16 heavy (non-hydrogen) atoms. The van der Waals surface area contributed by atoms with Crippen molar-refractivity contribution in [1.29, 1.82) is 0 Å². The molecule has 0 saturated heterocycles. The van der Waals surface area contributed by atoms with Gasteiger partial charge in [-0.1, -0.05) is 19.9 Å². The average Bonchev–Trinajstić information content (AvgIpc) is 2.28. The summed E-state index contributed by atoms with van der Waals surface area (Å²) in [5.74, 6) is -0.711. The summed E-state index contributed by atoms with van der Waals surface area (Å²) in [4.78, 5) is 11.4. The van der Waals surface area contributed by atoms with Crippen molar-refractivity contribution in [2.45, 2.75) is 19.3 Å². The lowest BCUT2D eigenvalue weighted by molar-refractivity contribution is 0.0597. The Balaban J connectivity index is 3.22. The van der Waals surface area contributed by atoms with E-state index in [-0.39, 0.29) is 17.9 Å². The van der Waals surface area contributed by atoms with Crippen LogP contribution in [0.15, 0.2) is 18.2 Å². The van der Waals surface area contributed by atoms with E-state index < -0.39 is 11.4 Å². The smallest absolute Gasteiger partial charge is 0.341 e. The number of methoxy groups -OCH3 is 1. The first-order chi connectivity index (χ1) is 7.42. The lowest BCUT2D eigenvalue weighted by Crippen LogP contribution is -2.22. The van der Waals surface area contributed by atoms with Gasteiger partial charge in [-0.3, -0.25) is 0 Å². The highest BCUT2D eigenvalue weighted by Gasteiger charge is 2.22. The number of aliphatic hydroxyl groups excluding tert-OH is 1. The molecule has 0 saturated carbocycles. The van der Waals surface area contributed by atoms with E-state index >= 15 is 0 Å². The molecule has 1 rings (SSSR count). The number of esters is 1. The zero-order chi connectivity index (χ0) is 12.3. The molecule has 1 aromatic rings. The molecule has 0 unspecified atom stereocenters. The average molecular weight is 224 g/mol. The lowest BCUT2D eigenvalue weighted by atomic mass is 9.84. The number of phenolic OH excluding ortho intramolecular Hbond substituents is 1. The standard InChI is InChI=1S/C12H16O4/c1-12(2,7-13)8-4-5-10(14)9(6-8)11(15)16-3/h4-6,13-14H,7H2,1-3H3. The van der Waals surface area contributed by atoms with Crippen LogP contribution >= 0.6 is 0 Å². The topological polar surface area (TPSA) is 66.8 Å². The Kier molecular flexibility index (Phi) is 3.55. The van der Waals surface area contributed by atoms with Crippen LogP contribution in [0, 0.1) is 0 Å². The van der Waals surface area contributed by atoms with Crippen LogP contribution < -0.4 is 0 Å². The number of aliphatic hydroxyl groups is 1. The SMILES string of the molecule is COC(=O)c1cc(C(C)(C)CO)ccc1O. The molecule has 0 spiro atoms. The number of rotatable bonds is 3. The van der Waals surface area contributed by atoms with Gasteiger partial charge in [-0.05, 0) is 17.7 Å². The van der Waals surface area contributed by atoms with Crippen LogP contribution in [0.25, 0.3) is 0 Å². The van der Waals surface area contributed by atoms with Crippen molar-refractivity contribution in [3.8, 4) is 5.75 Å². The fourth-order valence-corrected chi connectivity index (χ4v) is 1.32. The predicted molar refractivity (Wildman–Crippen MR) is 59.6 cm³/mol. The minimum Gasteiger partial charge on any atom is -0.507 e. The first-order valence-electron chi connectivity index (χ1n) is 4.95. The number of hydrogen-bond acceptors (Lipinski definition) is 4. The second-order valence-corrected chi connectivity index (χ2v) is 4.27. The molecule has 0 aliphatic rings. The number of hydrogen-bond donors (Lipinski definition) is 2. The van der Waals surface area contributed by atoms with Gasteiger partial charge in [-0.2, -0.15) is 0 Å². The van der Waals surface area contributed by atoms with Crippen LogP contribution in [0.2, 0.25) is 0 Å². The lowest BCUT2D eigenvalue weighted by Gasteiger charge is -2.22. The third kappa shape index (κ3) is 2.33. The molecule has 0 bridgehead atoms. The zero-order valence-electron chi connectivity index (χ0n) is 9.65. The van der Waals surface area contributed by atoms with Gasteiger partial charge >= 0.3 is 5.97 Å². The molecule has 0 aliphatic carbocycles. The zero-order valence-corrected chi connectivity index (χ0v) is 9.65. The molecule has 0 radical (unpaired) electrons. The fourth-order valence-electron chi connectivity index (χ4n) is 1.32. The summed E-state index contributed by atoms with van der Waals surface area (Å²) in [5, 5.41) is 18.7. The van der Waals surface area contributed by atoms with Gasteiger partial charge in [0.15, 0.2) is 0 Å². The van der Waals surface area contributed by atoms with Crippen molar-refractivity contribution < 1.29 is 19.7 Å². The van der Waals surface area contributed by atoms with E-state index in [1.54, 1.807) is 6.07 Å². The Labute approximate surface area is 94.5 Å². The van der Waals surface area contributed by atoms with Crippen LogP contribution in [-0.4, -0.2) is 29.9 Å². The Morgan fingerprint density at radius 3 is 2.56 bits per heavy atom. The predicted octanol–water partition coefficient (Wildman–Crippen LogP) is 1.45. The molecular weight excluding hydrogens is 208 g/mol. The minimum absolute atomic E-state index is 0.0433. The summed E-state index contributed by atoms with van der Waals surface area (Å²) in [6.45, 7) is 3.65. The van der Waals surface area contributed by atoms with Crippen molar-refractivity contribution in [2.24, 2.45) is 0 Å². The van der Waals surface area contributed by atoms with Gasteiger partial charge in [0.25, 0.3) is 0 Å². The van der Waals surface area contributed by atoms with Crippen molar-refractivity contribution in [2.75, 3.05) is 13.7 Å². The largest absolute Gasteiger partial charge is 0.507 e. The summed E-state index contributed by atoms with van der Waals surface area (Å²) in [7, 11) is 1.26. The van der Waals surface area contributed by atoms with Gasteiger partial charge in [0, 0.05) is 5.41 Å². The monoisotopic (exact) mass is 224 g/mol. The maximum atomic E-state index is 11.4. The number of carbonyl (C=O) groups excluding carboxylic acids is 1. The maximum Gasteiger partial charge on any atom is 0.341 e. The second-order valence-electron chi connectivity index (χ2n) is 4.27. The number of aromatic hydroxyl groups is 1. The summed E-state index contributed by atoms with van der Waals surface area (Å²) >= 11 is 0. The Hall–Kier alpha value is -1.55. The van der Waals surface area contributed by atoms with Gasteiger partial charge in [0.2, 0.25) is 0 Å². The molecule has 2 N–H and O–H groups in total. The number of benzene rings is 1. The van der Waals surface area contributed by atoms with Crippen LogP contribution in [0.1, 0.15) is 29.8 Å². The molecule has 4 nitrogen and oxygen atoms in total. The van der Waals surface area contributed by atoms with Gasteiger partial charge in [0.1, 0.15) is 11.3 Å². The van der Waals surface area contributed by atoms with E-state index in [2.05, 4.69) is 4.74 Å². The Morgan fingerprint density at radius 2 is 2.06 bits per heavy atom. The van der Waals surface area contributed by atoms with E-state index in [9.17, 15) is 15.0 Å². The summed E-state index contributed by atoms with van der Waals surface area (Å²) < 4.78 is 4.56. The third-order valence-electron chi connectivity index (χ3n) is 2.58. The van der Waals surface area contributed by atoms with Crippen molar-refractivity contribution >= 4 is 5.97 Å². The second kappa shape index (κ2) is 4.53. The highest BCUT2D eigenvalue weighted by atomic mass is 16.5. The molecule has 0 amide bonds. The van der Waals surface area contributed by atoms with Crippen LogP contribution in [0.3, 0.4) is 0 Å². The van der Waals surface area contributed by atoms with Crippen LogP contribution in [0.5, 0.6) is 5.75 Å². The highest BCUT2D eigenvalue weighted by Crippen LogP contribution is 2.27. The molecule has 0 aliphatic heterocycles. The molecule has 0 heterocycles. The number of ether oxygens (including phenoxy) is 1. The van der Waals surface area contributed by atoms with Gasteiger partial charge in [0.05, 0.1) is 13.7 Å². The van der Waals surface area contributed by atoms with Crippen LogP contribution in [-0.2, 0) is 10.2 Å². The van der Waals surface area contributed by atoms with Gasteiger partial charge in [-0.25, -0.2) is 4.79 Å². The van der Waals surface area contributed by atoms with Crippen LogP contribution in [0.4, 0.5) is 0 Å². The van der Waals surface area contributed by atoms with Gasteiger partial charge in [-0.15, -0.1) is 0 Å². The van der Waals surface area contributed by atoms with Gasteiger partial charge < -0.3 is 14.9 Å². The van der Waals surface area contributed by atoms with Crippen molar-refractivity contribution in [3.63, 3.8) is 0 Å². The fraction of sp³-hybridized carbons (Fsp3) is 0.417. The van der Waals surface area contributed by atoms with E-state index in [0.717, 1.165) is 5.56 Å². The van der Waals surface area contributed by atoms with E-state index in [4.69, 9.17) is 0 Å². The van der Waals surface area contributed by atoms with E-state index in [1.165, 1.54) is 19.2 Å². The molecular formula is C12H16O4.